The lowest BCUT2D eigenvalue weighted by Gasteiger charge is -2.02. The summed E-state index contributed by atoms with van der Waals surface area (Å²) in [7, 11) is 2.06. The maximum Gasteiger partial charge on any atom is 0.257 e. The van der Waals surface area contributed by atoms with Crippen molar-refractivity contribution in [1.29, 1.82) is 0 Å². The molecular weight excluding hydrogens is 260 g/mol. The SMILES string of the molecule is CCc1n(CC(=O)c2ccccc2)c2ccccc2[n+]1C. The summed E-state index contributed by atoms with van der Waals surface area (Å²) in [6, 6.07) is 17.7. The predicted molar refractivity (Wildman–Crippen MR) is 83.3 cm³/mol. The first-order valence-electron chi connectivity index (χ1n) is 7.26. The number of nitrogens with zero attached hydrogens (tertiary/aromatic N) is 2. The fraction of sp³-hybridized carbons (Fsp3) is 0.222. The monoisotopic (exact) mass is 279 g/mol. The molecule has 0 aliphatic heterocycles. The molecule has 3 aromatic rings. The molecule has 0 amide bonds. The second-order valence-corrected chi connectivity index (χ2v) is 5.19. The summed E-state index contributed by atoms with van der Waals surface area (Å²) < 4.78 is 4.30. The fourth-order valence-corrected chi connectivity index (χ4v) is 2.90. The standard InChI is InChI=1S/C18H19N2O/c1-3-18-19(2)15-11-7-8-12-16(15)20(18)13-17(21)14-9-5-4-6-10-14/h4-12H,3,13H2,1-2H3/q+1. The molecule has 1 heterocycles. The van der Waals surface area contributed by atoms with Gasteiger partial charge in [0.2, 0.25) is 5.78 Å². The van der Waals surface area contributed by atoms with Crippen LogP contribution in [0.15, 0.2) is 54.6 Å². The average Bonchev–Trinajstić information content (AvgIpc) is 2.80. The molecule has 0 saturated carbocycles. The zero-order valence-corrected chi connectivity index (χ0v) is 12.4. The minimum Gasteiger partial charge on any atom is -0.290 e. The first kappa shape index (κ1) is 13.6. The molecule has 0 bridgehead atoms. The molecule has 0 N–H and O–H groups in total. The van der Waals surface area contributed by atoms with Crippen molar-refractivity contribution < 1.29 is 9.36 Å². The molecule has 0 spiro atoms. The second-order valence-electron chi connectivity index (χ2n) is 5.19. The molecule has 2 aromatic carbocycles. The van der Waals surface area contributed by atoms with Crippen molar-refractivity contribution in [2.75, 3.05) is 0 Å². The largest absolute Gasteiger partial charge is 0.290 e. The minimum atomic E-state index is 0.145. The Morgan fingerprint density at radius 2 is 1.71 bits per heavy atom. The van der Waals surface area contributed by atoms with Crippen LogP contribution in [0, 0.1) is 0 Å². The molecule has 0 radical (unpaired) electrons. The molecular formula is C18H19N2O+. The van der Waals surface area contributed by atoms with Gasteiger partial charge in [-0.3, -0.25) is 4.79 Å². The Labute approximate surface area is 124 Å². The Morgan fingerprint density at radius 3 is 2.43 bits per heavy atom. The number of hydrogen-bond donors (Lipinski definition) is 0. The van der Waals surface area contributed by atoms with Gasteiger partial charge in [-0.05, 0) is 12.1 Å². The number of ketones is 1. The van der Waals surface area contributed by atoms with E-state index in [0.717, 1.165) is 23.0 Å². The van der Waals surface area contributed by atoms with E-state index < -0.39 is 0 Å². The van der Waals surface area contributed by atoms with Crippen molar-refractivity contribution in [2.45, 2.75) is 19.9 Å². The van der Waals surface area contributed by atoms with Gasteiger partial charge >= 0.3 is 0 Å². The molecule has 106 valence electrons. The summed E-state index contributed by atoms with van der Waals surface area (Å²) in [5.41, 5.74) is 3.04. The van der Waals surface area contributed by atoms with E-state index in [-0.39, 0.29) is 5.78 Å². The first-order chi connectivity index (χ1) is 10.2. The van der Waals surface area contributed by atoms with Crippen LogP contribution in [-0.2, 0) is 20.0 Å². The van der Waals surface area contributed by atoms with E-state index in [2.05, 4.69) is 35.2 Å². The number of imidazole rings is 1. The molecule has 3 nitrogen and oxygen atoms in total. The Hall–Kier alpha value is -2.42. The highest BCUT2D eigenvalue weighted by molar-refractivity contribution is 5.96. The van der Waals surface area contributed by atoms with E-state index >= 15 is 0 Å². The van der Waals surface area contributed by atoms with E-state index in [9.17, 15) is 4.79 Å². The third-order valence-corrected chi connectivity index (χ3v) is 3.95. The molecule has 0 aliphatic carbocycles. The normalized spacial score (nSPS) is 11.0. The molecule has 0 saturated heterocycles. The summed E-state index contributed by atoms with van der Waals surface area (Å²) >= 11 is 0. The Bertz CT molecular complexity index is 788. The Kier molecular flexibility index (Phi) is 3.57. The number of aryl methyl sites for hydroxylation is 1. The number of para-hydroxylation sites is 2. The van der Waals surface area contributed by atoms with Crippen LogP contribution < -0.4 is 4.57 Å². The molecule has 21 heavy (non-hydrogen) atoms. The fourth-order valence-electron chi connectivity index (χ4n) is 2.90. The van der Waals surface area contributed by atoms with Gasteiger partial charge in [-0.1, -0.05) is 49.4 Å². The predicted octanol–water partition coefficient (Wildman–Crippen LogP) is 2.91. The molecule has 0 fully saturated rings. The topological polar surface area (TPSA) is 25.9 Å². The summed E-state index contributed by atoms with van der Waals surface area (Å²) in [6.07, 6.45) is 0.896. The minimum absolute atomic E-state index is 0.145. The van der Waals surface area contributed by atoms with E-state index in [1.54, 1.807) is 0 Å². The van der Waals surface area contributed by atoms with E-state index in [1.807, 2.05) is 42.5 Å². The highest BCUT2D eigenvalue weighted by Crippen LogP contribution is 2.15. The number of rotatable bonds is 4. The average molecular weight is 279 g/mol. The summed E-state index contributed by atoms with van der Waals surface area (Å²) in [5.74, 6) is 1.31. The van der Waals surface area contributed by atoms with Gasteiger partial charge in [0, 0.05) is 12.0 Å². The maximum absolute atomic E-state index is 12.5. The third kappa shape index (κ3) is 2.35. The molecule has 0 aliphatic rings. The van der Waals surface area contributed by atoms with Crippen molar-refractivity contribution in [3.8, 4) is 0 Å². The Balaban J connectivity index is 2.06. The van der Waals surface area contributed by atoms with Crippen molar-refractivity contribution in [3.63, 3.8) is 0 Å². The van der Waals surface area contributed by atoms with Crippen molar-refractivity contribution in [2.24, 2.45) is 7.05 Å². The Morgan fingerprint density at radius 1 is 1.05 bits per heavy atom. The maximum atomic E-state index is 12.5. The van der Waals surface area contributed by atoms with E-state index in [0.29, 0.717) is 6.54 Å². The molecule has 3 rings (SSSR count). The molecule has 1 aromatic heterocycles. The van der Waals surface area contributed by atoms with Crippen LogP contribution in [0.4, 0.5) is 0 Å². The highest BCUT2D eigenvalue weighted by atomic mass is 16.1. The number of benzene rings is 2. The van der Waals surface area contributed by atoms with Crippen LogP contribution in [0.5, 0.6) is 0 Å². The van der Waals surface area contributed by atoms with Gasteiger partial charge < -0.3 is 0 Å². The van der Waals surface area contributed by atoms with Gasteiger partial charge in [-0.2, -0.15) is 0 Å². The molecule has 3 heteroatoms. The van der Waals surface area contributed by atoms with Crippen LogP contribution in [-0.4, -0.2) is 10.4 Å². The van der Waals surface area contributed by atoms with E-state index in [1.165, 1.54) is 5.82 Å². The van der Waals surface area contributed by atoms with Crippen molar-refractivity contribution >= 4 is 16.8 Å². The van der Waals surface area contributed by atoms with Crippen molar-refractivity contribution in [3.05, 3.63) is 66.0 Å². The highest BCUT2D eigenvalue weighted by Gasteiger charge is 2.23. The lowest BCUT2D eigenvalue weighted by atomic mass is 10.1. The number of Topliss-reactive ketones (excluding diaryl/α,β-unsaturated/α-hetero) is 1. The second kappa shape index (κ2) is 5.52. The van der Waals surface area contributed by atoms with Crippen LogP contribution in [0.3, 0.4) is 0 Å². The summed E-state index contributed by atoms with van der Waals surface area (Å²) in [4.78, 5) is 12.5. The van der Waals surface area contributed by atoms with Gasteiger partial charge in [0.1, 0.15) is 0 Å². The van der Waals surface area contributed by atoms with Crippen LogP contribution in [0.2, 0.25) is 0 Å². The zero-order valence-electron chi connectivity index (χ0n) is 12.4. The number of aromatic nitrogens is 2. The van der Waals surface area contributed by atoms with Gasteiger partial charge in [0.05, 0.1) is 7.05 Å². The van der Waals surface area contributed by atoms with Crippen LogP contribution in [0.1, 0.15) is 23.1 Å². The number of hydrogen-bond acceptors (Lipinski definition) is 1. The van der Waals surface area contributed by atoms with E-state index in [4.69, 9.17) is 0 Å². The summed E-state index contributed by atoms with van der Waals surface area (Å²) in [5, 5.41) is 0. The zero-order chi connectivity index (χ0) is 14.8. The van der Waals surface area contributed by atoms with Gasteiger partial charge in [-0.15, -0.1) is 0 Å². The van der Waals surface area contributed by atoms with Crippen LogP contribution in [0.25, 0.3) is 11.0 Å². The lowest BCUT2D eigenvalue weighted by Crippen LogP contribution is -2.33. The quantitative estimate of drug-likeness (QED) is 0.532. The lowest BCUT2D eigenvalue weighted by molar-refractivity contribution is -0.653. The van der Waals surface area contributed by atoms with Gasteiger partial charge in [-0.25, -0.2) is 9.13 Å². The molecule has 0 unspecified atom stereocenters. The number of carbonyl (C=O) groups excluding carboxylic acids is 1. The smallest absolute Gasteiger partial charge is 0.257 e. The van der Waals surface area contributed by atoms with Gasteiger partial charge in [0.25, 0.3) is 5.82 Å². The van der Waals surface area contributed by atoms with Gasteiger partial charge in [0.15, 0.2) is 17.6 Å². The summed E-state index contributed by atoms with van der Waals surface area (Å²) in [6.45, 7) is 2.51. The first-order valence-corrected chi connectivity index (χ1v) is 7.26. The van der Waals surface area contributed by atoms with Crippen LogP contribution >= 0.6 is 0 Å². The molecule has 0 atom stereocenters. The van der Waals surface area contributed by atoms with Crippen molar-refractivity contribution in [1.82, 2.24) is 4.57 Å². The number of fused-ring (bicyclic) bond motifs is 1. The number of carbonyl (C=O) groups is 1. The third-order valence-electron chi connectivity index (χ3n) is 3.95.